The molecule has 1 aliphatic heterocycles. The first-order valence-electron chi connectivity index (χ1n) is 10.6. The molecule has 4 rings (SSSR count). The van der Waals surface area contributed by atoms with E-state index in [1.54, 1.807) is 23.1 Å². The summed E-state index contributed by atoms with van der Waals surface area (Å²) in [5, 5.41) is 0. The van der Waals surface area contributed by atoms with Crippen LogP contribution in [-0.4, -0.2) is 53.6 Å². The standard InChI is InChI=1S/C23H27NO7S/c1-28-22-15-18(7-10-20(22)29-13-14-30-32(2,26)27)24-12-11-21(23(24)25)31-19-8-5-17(6-9-19)16-3-4-16/h5-10,15-16,21H,3-4,11-14H2,1-2H3/t21-/m0/s1. The van der Waals surface area contributed by atoms with E-state index in [-0.39, 0.29) is 19.1 Å². The van der Waals surface area contributed by atoms with Crippen molar-refractivity contribution in [3.05, 3.63) is 48.0 Å². The van der Waals surface area contributed by atoms with Gasteiger partial charge >= 0.3 is 0 Å². The summed E-state index contributed by atoms with van der Waals surface area (Å²) in [5.74, 6) is 2.15. The van der Waals surface area contributed by atoms with E-state index in [1.165, 1.54) is 25.5 Å². The van der Waals surface area contributed by atoms with Crippen LogP contribution in [0.4, 0.5) is 5.69 Å². The van der Waals surface area contributed by atoms with E-state index < -0.39 is 16.2 Å². The molecule has 1 amide bonds. The van der Waals surface area contributed by atoms with Crippen LogP contribution in [0.2, 0.25) is 0 Å². The third-order valence-corrected chi connectivity index (χ3v) is 6.06. The summed E-state index contributed by atoms with van der Waals surface area (Å²) in [6, 6.07) is 13.2. The summed E-state index contributed by atoms with van der Waals surface area (Å²) in [6.45, 7) is 0.477. The Kier molecular flexibility index (Phi) is 6.57. The summed E-state index contributed by atoms with van der Waals surface area (Å²) in [6.07, 6.45) is 3.54. The van der Waals surface area contributed by atoms with Crippen LogP contribution in [0.15, 0.2) is 42.5 Å². The molecule has 1 saturated carbocycles. The van der Waals surface area contributed by atoms with E-state index >= 15 is 0 Å². The van der Waals surface area contributed by atoms with Gasteiger partial charge in [0.2, 0.25) is 0 Å². The molecule has 1 heterocycles. The van der Waals surface area contributed by atoms with Crippen LogP contribution in [0, 0.1) is 0 Å². The number of carbonyl (C=O) groups excluding carboxylic acids is 1. The number of benzene rings is 2. The SMILES string of the molecule is COc1cc(N2CC[C@H](Oc3ccc(C4CC4)cc3)C2=O)ccc1OCCOS(C)(=O)=O. The maximum atomic E-state index is 12.9. The zero-order chi connectivity index (χ0) is 22.7. The average Bonchev–Trinajstić information content (AvgIpc) is 3.56. The van der Waals surface area contributed by atoms with Gasteiger partial charge in [-0.15, -0.1) is 0 Å². The lowest BCUT2D eigenvalue weighted by atomic mass is 10.1. The van der Waals surface area contributed by atoms with Crippen molar-refractivity contribution in [2.45, 2.75) is 31.3 Å². The van der Waals surface area contributed by atoms with Crippen molar-refractivity contribution in [1.82, 2.24) is 0 Å². The minimum atomic E-state index is -3.52. The van der Waals surface area contributed by atoms with Gasteiger partial charge in [0.1, 0.15) is 19.0 Å². The van der Waals surface area contributed by atoms with Crippen LogP contribution in [0.3, 0.4) is 0 Å². The summed E-state index contributed by atoms with van der Waals surface area (Å²) in [4.78, 5) is 14.6. The molecular weight excluding hydrogens is 434 g/mol. The molecule has 0 radical (unpaired) electrons. The Morgan fingerprint density at radius 3 is 2.41 bits per heavy atom. The fourth-order valence-electron chi connectivity index (χ4n) is 3.70. The van der Waals surface area contributed by atoms with Gasteiger partial charge in [0.05, 0.1) is 13.4 Å². The molecule has 1 saturated heterocycles. The van der Waals surface area contributed by atoms with Gasteiger partial charge in [-0.2, -0.15) is 8.42 Å². The topological polar surface area (TPSA) is 91.4 Å². The average molecular weight is 462 g/mol. The summed E-state index contributed by atoms with van der Waals surface area (Å²) >= 11 is 0. The predicted octanol–water partition coefficient (Wildman–Crippen LogP) is 3.11. The van der Waals surface area contributed by atoms with Crippen molar-refractivity contribution < 1.29 is 31.6 Å². The van der Waals surface area contributed by atoms with Gasteiger partial charge in [-0.25, -0.2) is 0 Å². The van der Waals surface area contributed by atoms with Crippen molar-refractivity contribution in [3.63, 3.8) is 0 Å². The Balaban J connectivity index is 1.37. The molecule has 0 bridgehead atoms. The fourth-order valence-corrected chi connectivity index (χ4v) is 4.07. The molecule has 9 heteroatoms. The van der Waals surface area contributed by atoms with Gasteiger partial charge in [-0.05, 0) is 48.6 Å². The Bertz CT molecular complexity index is 1060. The molecular formula is C23H27NO7S. The molecule has 1 aliphatic carbocycles. The maximum absolute atomic E-state index is 12.9. The van der Waals surface area contributed by atoms with Crippen molar-refractivity contribution in [2.24, 2.45) is 0 Å². The minimum absolute atomic E-state index is 0.0425. The van der Waals surface area contributed by atoms with Crippen LogP contribution in [0.5, 0.6) is 17.2 Å². The maximum Gasteiger partial charge on any atom is 0.268 e. The number of rotatable bonds is 10. The van der Waals surface area contributed by atoms with E-state index in [4.69, 9.17) is 14.2 Å². The quantitative estimate of drug-likeness (QED) is 0.397. The summed E-state index contributed by atoms with van der Waals surface area (Å²) in [7, 11) is -2.01. The highest BCUT2D eigenvalue weighted by atomic mass is 32.2. The monoisotopic (exact) mass is 461 g/mol. The van der Waals surface area contributed by atoms with E-state index in [1.807, 2.05) is 12.1 Å². The molecule has 2 aromatic rings. The second-order valence-electron chi connectivity index (χ2n) is 7.94. The first-order valence-corrected chi connectivity index (χ1v) is 12.4. The third kappa shape index (κ3) is 5.52. The Morgan fingerprint density at radius 2 is 1.75 bits per heavy atom. The van der Waals surface area contributed by atoms with Crippen molar-refractivity contribution >= 4 is 21.7 Å². The molecule has 0 unspecified atom stereocenters. The Hall–Kier alpha value is -2.78. The fraction of sp³-hybridized carbons (Fsp3) is 0.435. The van der Waals surface area contributed by atoms with Gasteiger partial charge in [-0.1, -0.05) is 12.1 Å². The Labute approximate surface area is 188 Å². The van der Waals surface area contributed by atoms with Gasteiger partial charge in [0, 0.05) is 24.7 Å². The number of amides is 1. The number of methoxy groups -OCH3 is 1. The van der Waals surface area contributed by atoms with E-state index in [2.05, 4.69) is 16.3 Å². The molecule has 0 spiro atoms. The number of carbonyl (C=O) groups is 1. The number of nitrogens with zero attached hydrogens (tertiary/aromatic N) is 1. The lowest BCUT2D eigenvalue weighted by molar-refractivity contribution is -0.122. The molecule has 2 aliphatic rings. The molecule has 0 aromatic heterocycles. The van der Waals surface area contributed by atoms with Gasteiger partial charge in [0.15, 0.2) is 17.6 Å². The molecule has 2 fully saturated rings. The minimum Gasteiger partial charge on any atom is -0.493 e. The van der Waals surface area contributed by atoms with Crippen LogP contribution in [-0.2, 0) is 19.1 Å². The van der Waals surface area contributed by atoms with Crippen LogP contribution in [0.1, 0.15) is 30.7 Å². The zero-order valence-electron chi connectivity index (χ0n) is 18.2. The first-order chi connectivity index (χ1) is 15.3. The first kappa shape index (κ1) is 22.4. The second-order valence-corrected chi connectivity index (χ2v) is 9.58. The largest absolute Gasteiger partial charge is 0.493 e. The third-order valence-electron chi connectivity index (χ3n) is 5.46. The van der Waals surface area contributed by atoms with Crippen molar-refractivity contribution in [1.29, 1.82) is 0 Å². The normalized spacial score (nSPS) is 18.6. The second kappa shape index (κ2) is 9.38. The van der Waals surface area contributed by atoms with Gasteiger partial charge in [-0.3, -0.25) is 8.98 Å². The Morgan fingerprint density at radius 1 is 1.00 bits per heavy atom. The number of anilines is 1. The molecule has 32 heavy (non-hydrogen) atoms. The molecule has 1 atom stereocenters. The number of hydrogen-bond acceptors (Lipinski definition) is 7. The molecule has 8 nitrogen and oxygen atoms in total. The van der Waals surface area contributed by atoms with Gasteiger partial charge in [0.25, 0.3) is 16.0 Å². The lowest BCUT2D eigenvalue weighted by Gasteiger charge is -2.19. The van der Waals surface area contributed by atoms with Crippen LogP contribution in [0.25, 0.3) is 0 Å². The molecule has 0 N–H and O–H groups in total. The summed E-state index contributed by atoms with van der Waals surface area (Å²) in [5.41, 5.74) is 2.01. The van der Waals surface area contributed by atoms with E-state index in [0.717, 1.165) is 6.26 Å². The van der Waals surface area contributed by atoms with E-state index in [0.29, 0.717) is 41.8 Å². The number of ether oxygens (including phenoxy) is 3. The smallest absolute Gasteiger partial charge is 0.268 e. The highest BCUT2D eigenvalue weighted by molar-refractivity contribution is 7.85. The van der Waals surface area contributed by atoms with Crippen molar-refractivity contribution in [2.75, 3.05) is 38.0 Å². The van der Waals surface area contributed by atoms with E-state index in [9.17, 15) is 13.2 Å². The molecule has 2 aromatic carbocycles. The van der Waals surface area contributed by atoms with Crippen molar-refractivity contribution in [3.8, 4) is 17.2 Å². The van der Waals surface area contributed by atoms with Gasteiger partial charge < -0.3 is 19.1 Å². The zero-order valence-corrected chi connectivity index (χ0v) is 19.0. The summed E-state index contributed by atoms with van der Waals surface area (Å²) < 4.78 is 43.6. The highest BCUT2D eigenvalue weighted by Gasteiger charge is 2.35. The molecule has 172 valence electrons. The van der Waals surface area contributed by atoms with Crippen LogP contribution < -0.4 is 19.1 Å². The number of hydrogen-bond donors (Lipinski definition) is 0. The van der Waals surface area contributed by atoms with Crippen LogP contribution >= 0.6 is 0 Å². The highest BCUT2D eigenvalue weighted by Crippen LogP contribution is 2.40. The lowest BCUT2D eigenvalue weighted by Crippen LogP contribution is -2.32. The predicted molar refractivity (Wildman–Crippen MR) is 119 cm³/mol.